The van der Waals surface area contributed by atoms with Crippen molar-refractivity contribution in [2.24, 2.45) is 0 Å². The van der Waals surface area contributed by atoms with Crippen LogP contribution in [-0.2, 0) is 16.2 Å². The third-order valence-corrected chi connectivity index (χ3v) is 5.97. The maximum Gasteiger partial charge on any atom is 0.335 e. The van der Waals surface area contributed by atoms with Crippen LogP contribution >= 0.6 is 23.2 Å². The van der Waals surface area contributed by atoms with Gasteiger partial charge in [0.25, 0.3) is 11.8 Å². The van der Waals surface area contributed by atoms with E-state index in [9.17, 15) is 14.4 Å². The second-order valence-corrected chi connectivity index (χ2v) is 8.63. The van der Waals surface area contributed by atoms with Crippen molar-refractivity contribution < 1.29 is 19.1 Å². The molecule has 4 amide bonds. The van der Waals surface area contributed by atoms with Crippen molar-refractivity contribution in [3.8, 4) is 5.75 Å². The van der Waals surface area contributed by atoms with Gasteiger partial charge >= 0.3 is 6.03 Å². The third-order valence-electron chi connectivity index (χ3n) is 5.41. The van der Waals surface area contributed by atoms with Gasteiger partial charge in [-0.05, 0) is 66.4 Å². The van der Waals surface area contributed by atoms with Gasteiger partial charge in [0, 0.05) is 0 Å². The molecule has 0 unspecified atom stereocenters. The number of carbonyl (C=O) groups excluding carboxylic acids is 3. The van der Waals surface area contributed by atoms with Gasteiger partial charge in [0.05, 0.1) is 15.7 Å². The molecule has 1 N–H and O–H groups in total. The third kappa shape index (κ3) is 4.83. The fourth-order valence-corrected chi connectivity index (χ4v) is 4.07. The van der Waals surface area contributed by atoms with Crippen LogP contribution in [0.2, 0.25) is 10.0 Å². The number of aryl methyl sites for hydroxylation is 2. The number of imide groups is 2. The molecule has 172 valence electrons. The highest BCUT2D eigenvalue weighted by atomic mass is 35.5. The second-order valence-electron chi connectivity index (χ2n) is 7.81. The van der Waals surface area contributed by atoms with E-state index in [4.69, 9.17) is 27.9 Å². The smallest absolute Gasteiger partial charge is 0.335 e. The summed E-state index contributed by atoms with van der Waals surface area (Å²) in [4.78, 5) is 39.0. The van der Waals surface area contributed by atoms with E-state index >= 15 is 0 Å². The highest BCUT2D eigenvalue weighted by molar-refractivity contribution is 6.40. The minimum Gasteiger partial charge on any atom is -0.486 e. The summed E-state index contributed by atoms with van der Waals surface area (Å²) in [6.45, 7) is 4.07. The largest absolute Gasteiger partial charge is 0.486 e. The van der Waals surface area contributed by atoms with Gasteiger partial charge in [-0.15, -0.1) is 0 Å². The first-order valence-corrected chi connectivity index (χ1v) is 11.1. The lowest BCUT2D eigenvalue weighted by Crippen LogP contribution is -2.54. The van der Waals surface area contributed by atoms with E-state index in [1.54, 1.807) is 18.2 Å². The summed E-state index contributed by atoms with van der Waals surface area (Å²) in [6, 6.07) is 17.0. The van der Waals surface area contributed by atoms with E-state index in [0.29, 0.717) is 17.0 Å². The van der Waals surface area contributed by atoms with E-state index in [2.05, 4.69) is 5.32 Å². The predicted octanol–water partition coefficient (Wildman–Crippen LogP) is 5.86. The minimum absolute atomic E-state index is 0.220. The van der Waals surface area contributed by atoms with Gasteiger partial charge in [0.2, 0.25) is 0 Å². The van der Waals surface area contributed by atoms with Gasteiger partial charge in [-0.2, -0.15) is 0 Å². The number of nitrogens with zero attached hydrogens (tertiary/aromatic N) is 1. The lowest BCUT2D eigenvalue weighted by atomic mass is 10.0. The monoisotopic (exact) mass is 494 g/mol. The molecule has 1 fully saturated rings. The van der Waals surface area contributed by atoms with Crippen LogP contribution in [0.5, 0.6) is 5.75 Å². The Labute approximate surface area is 206 Å². The number of rotatable bonds is 5. The lowest BCUT2D eigenvalue weighted by molar-refractivity contribution is -0.122. The number of hydrogen-bond donors (Lipinski definition) is 1. The predicted molar refractivity (Wildman–Crippen MR) is 132 cm³/mol. The molecule has 1 saturated heterocycles. The van der Waals surface area contributed by atoms with Crippen LogP contribution < -0.4 is 15.0 Å². The molecule has 0 spiro atoms. The Kier molecular flexibility index (Phi) is 6.72. The van der Waals surface area contributed by atoms with Gasteiger partial charge in [0.15, 0.2) is 5.75 Å². The maximum atomic E-state index is 13.1. The average molecular weight is 495 g/mol. The van der Waals surface area contributed by atoms with Crippen molar-refractivity contribution in [3.05, 3.63) is 98.5 Å². The Morgan fingerprint density at radius 1 is 0.912 bits per heavy atom. The first-order chi connectivity index (χ1) is 16.2. The molecule has 0 radical (unpaired) electrons. The van der Waals surface area contributed by atoms with E-state index in [-0.39, 0.29) is 22.2 Å². The molecule has 0 aromatic heterocycles. The number of anilines is 1. The Balaban J connectivity index is 1.63. The number of carbonyl (C=O) groups is 3. The highest BCUT2D eigenvalue weighted by Crippen LogP contribution is 2.36. The Morgan fingerprint density at radius 3 is 2.24 bits per heavy atom. The van der Waals surface area contributed by atoms with Crippen molar-refractivity contribution in [1.82, 2.24) is 5.32 Å². The zero-order valence-corrected chi connectivity index (χ0v) is 19.9. The number of nitrogens with one attached hydrogen (secondary N) is 1. The Bertz CT molecular complexity index is 1310. The molecular formula is C26H20Cl2N2O4. The molecule has 1 heterocycles. The molecule has 3 aromatic carbocycles. The van der Waals surface area contributed by atoms with Gasteiger partial charge in [-0.3, -0.25) is 14.9 Å². The van der Waals surface area contributed by atoms with Crippen LogP contribution in [0.3, 0.4) is 0 Å². The van der Waals surface area contributed by atoms with Gasteiger partial charge in [-0.1, -0.05) is 59.6 Å². The second kappa shape index (κ2) is 9.71. The van der Waals surface area contributed by atoms with E-state index in [1.807, 2.05) is 44.2 Å². The first kappa shape index (κ1) is 23.5. The summed E-state index contributed by atoms with van der Waals surface area (Å²) in [7, 11) is 0. The van der Waals surface area contributed by atoms with Crippen LogP contribution in [-0.4, -0.2) is 17.8 Å². The highest BCUT2D eigenvalue weighted by Gasteiger charge is 2.37. The number of barbiturate groups is 1. The van der Waals surface area contributed by atoms with Crippen molar-refractivity contribution in [1.29, 1.82) is 0 Å². The topological polar surface area (TPSA) is 75.7 Å². The van der Waals surface area contributed by atoms with E-state index in [1.165, 1.54) is 18.2 Å². The number of amides is 4. The summed E-state index contributed by atoms with van der Waals surface area (Å²) in [5.74, 6) is -1.25. The fraction of sp³-hybridized carbons (Fsp3) is 0.115. The van der Waals surface area contributed by atoms with Crippen LogP contribution in [0.15, 0.2) is 66.2 Å². The van der Waals surface area contributed by atoms with E-state index in [0.717, 1.165) is 21.6 Å². The molecule has 0 atom stereocenters. The summed E-state index contributed by atoms with van der Waals surface area (Å²) in [5, 5.41) is 2.66. The molecule has 6 nitrogen and oxygen atoms in total. The molecule has 0 saturated carbocycles. The van der Waals surface area contributed by atoms with Crippen LogP contribution in [0, 0.1) is 13.8 Å². The van der Waals surface area contributed by atoms with Gasteiger partial charge in [0.1, 0.15) is 12.2 Å². The summed E-state index contributed by atoms with van der Waals surface area (Å²) < 4.78 is 5.77. The lowest BCUT2D eigenvalue weighted by Gasteiger charge is -2.27. The molecule has 4 rings (SSSR count). The minimum atomic E-state index is -0.809. The number of hydrogen-bond acceptors (Lipinski definition) is 4. The van der Waals surface area contributed by atoms with E-state index < -0.39 is 17.8 Å². The molecule has 1 aliphatic heterocycles. The van der Waals surface area contributed by atoms with Crippen molar-refractivity contribution in [2.45, 2.75) is 20.5 Å². The van der Waals surface area contributed by atoms with Gasteiger partial charge < -0.3 is 4.74 Å². The Morgan fingerprint density at radius 2 is 1.59 bits per heavy atom. The quantitative estimate of drug-likeness (QED) is 0.356. The standard InChI is InChI=1S/C26H20Cl2N2O4/c1-15-8-9-19(10-16(15)2)30-25(32)20(24(31)29-26(30)33)11-18-12-21(27)23(22(28)13-18)34-14-17-6-4-3-5-7-17/h3-13H,14H2,1-2H3,(H,29,31,33)/b20-11+. The molecule has 34 heavy (non-hydrogen) atoms. The van der Waals surface area contributed by atoms with Crippen molar-refractivity contribution >= 4 is 52.8 Å². The van der Waals surface area contributed by atoms with Crippen molar-refractivity contribution in [2.75, 3.05) is 4.90 Å². The normalized spacial score (nSPS) is 15.0. The van der Waals surface area contributed by atoms with Crippen LogP contribution in [0.4, 0.5) is 10.5 Å². The molecule has 3 aromatic rings. The zero-order chi connectivity index (χ0) is 24.4. The SMILES string of the molecule is Cc1ccc(N2C(=O)NC(=O)/C(=C\c3cc(Cl)c(OCc4ccccc4)c(Cl)c3)C2=O)cc1C. The molecule has 8 heteroatoms. The molecule has 0 aliphatic carbocycles. The zero-order valence-electron chi connectivity index (χ0n) is 18.4. The maximum absolute atomic E-state index is 13.1. The molecule has 0 bridgehead atoms. The number of urea groups is 1. The molecule has 1 aliphatic rings. The fourth-order valence-electron chi connectivity index (χ4n) is 3.45. The summed E-state index contributed by atoms with van der Waals surface area (Å²) in [6.07, 6.45) is 1.34. The number of benzene rings is 3. The number of halogens is 2. The molecular weight excluding hydrogens is 475 g/mol. The first-order valence-electron chi connectivity index (χ1n) is 10.4. The summed E-state index contributed by atoms with van der Waals surface area (Å²) in [5.41, 5.74) is 3.42. The summed E-state index contributed by atoms with van der Waals surface area (Å²) >= 11 is 12.8. The number of ether oxygens (including phenoxy) is 1. The van der Waals surface area contributed by atoms with Crippen LogP contribution in [0.1, 0.15) is 22.3 Å². The average Bonchev–Trinajstić information content (AvgIpc) is 2.79. The van der Waals surface area contributed by atoms with Crippen LogP contribution in [0.25, 0.3) is 6.08 Å². The van der Waals surface area contributed by atoms with Gasteiger partial charge in [-0.25, -0.2) is 9.69 Å². The Hall–Kier alpha value is -3.61. The van der Waals surface area contributed by atoms with Crippen molar-refractivity contribution in [3.63, 3.8) is 0 Å².